The van der Waals surface area contributed by atoms with Gasteiger partial charge < -0.3 is 14.5 Å². The normalized spacial score (nSPS) is 22.4. The Morgan fingerprint density at radius 1 is 1.33 bits per heavy atom. The van der Waals surface area contributed by atoms with E-state index >= 15 is 0 Å². The van der Waals surface area contributed by atoms with E-state index in [1.165, 1.54) is 0 Å². The summed E-state index contributed by atoms with van der Waals surface area (Å²) in [6.07, 6.45) is 2.84. The van der Waals surface area contributed by atoms with E-state index in [4.69, 9.17) is 9.15 Å². The fourth-order valence-corrected chi connectivity index (χ4v) is 2.85. The molecule has 1 aromatic heterocycles. The minimum atomic E-state index is -0.696. The van der Waals surface area contributed by atoms with Crippen LogP contribution < -0.4 is 5.32 Å². The van der Waals surface area contributed by atoms with Crippen molar-refractivity contribution in [3.05, 3.63) is 35.6 Å². The predicted molar refractivity (Wildman–Crippen MR) is 81.0 cm³/mol. The monoisotopic (exact) mass is 287 g/mol. The molecule has 112 valence electrons. The number of ether oxygens (including phenoxy) is 1. The molecular formula is C17H21NO3. The lowest BCUT2D eigenvalue weighted by Gasteiger charge is -2.32. The van der Waals surface area contributed by atoms with E-state index in [2.05, 4.69) is 5.32 Å². The van der Waals surface area contributed by atoms with Crippen LogP contribution in [-0.4, -0.2) is 18.1 Å². The zero-order valence-corrected chi connectivity index (χ0v) is 12.6. The van der Waals surface area contributed by atoms with Gasteiger partial charge in [-0.25, -0.2) is 0 Å². The smallest absolute Gasteiger partial charge is 0.252 e. The van der Waals surface area contributed by atoms with Gasteiger partial charge in [0.1, 0.15) is 16.9 Å². The molecule has 0 spiro atoms. The van der Waals surface area contributed by atoms with E-state index in [-0.39, 0.29) is 5.91 Å². The third-order valence-electron chi connectivity index (χ3n) is 4.30. The van der Waals surface area contributed by atoms with Crippen LogP contribution >= 0.6 is 0 Å². The summed E-state index contributed by atoms with van der Waals surface area (Å²) in [5.41, 5.74) is 1.25. The molecule has 21 heavy (non-hydrogen) atoms. The Bertz CT molecular complexity index is 653. The predicted octanol–water partition coefficient (Wildman–Crippen LogP) is 3.32. The first-order valence-corrected chi connectivity index (χ1v) is 7.49. The highest BCUT2D eigenvalue weighted by molar-refractivity contribution is 5.85. The maximum atomic E-state index is 12.3. The van der Waals surface area contributed by atoms with E-state index in [1.807, 2.05) is 38.1 Å². The molecule has 0 bridgehead atoms. The van der Waals surface area contributed by atoms with Crippen LogP contribution in [0, 0.1) is 6.92 Å². The Labute approximate surface area is 124 Å². The summed E-state index contributed by atoms with van der Waals surface area (Å²) in [5.74, 6) is 0.756. The van der Waals surface area contributed by atoms with Crippen molar-refractivity contribution in [3.8, 4) is 0 Å². The third-order valence-corrected chi connectivity index (χ3v) is 4.30. The number of amides is 1. The van der Waals surface area contributed by atoms with Gasteiger partial charge in [0.05, 0.1) is 6.54 Å². The molecule has 0 saturated carbocycles. The van der Waals surface area contributed by atoms with E-state index < -0.39 is 5.60 Å². The first-order chi connectivity index (χ1) is 10.1. The van der Waals surface area contributed by atoms with Crippen molar-refractivity contribution in [3.63, 3.8) is 0 Å². The molecule has 4 nitrogen and oxygen atoms in total. The van der Waals surface area contributed by atoms with Gasteiger partial charge in [-0.3, -0.25) is 4.79 Å². The number of carbonyl (C=O) groups is 1. The van der Waals surface area contributed by atoms with Crippen LogP contribution in [-0.2, 0) is 16.1 Å². The topological polar surface area (TPSA) is 51.5 Å². The van der Waals surface area contributed by atoms with Crippen molar-refractivity contribution >= 4 is 16.9 Å². The lowest BCUT2D eigenvalue weighted by atomic mass is 9.95. The molecule has 1 aliphatic heterocycles. The SMILES string of the molecule is Cc1c(CNC(=O)[C@]2(C)CCCCO2)oc2ccccc12. The number of fused-ring (bicyclic) bond motifs is 1. The number of rotatable bonds is 3. The number of para-hydroxylation sites is 1. The minimum Gasteiger partial charge on any atom is -0.459 e. The van der Waals surface area contributed by atoms with Crippen LogP contribution in [0.2, 0.25) is 0 Å². The second-order valence-electron chi connectivity index (χ2n) is 5.87. The summed E-state index contributed by atoms with van der Waals surface area (Å²) in [6, 6.07) is 7.92. The second-order valence-corrected chi connectivity index (χ2v) is 5.87. The Balaban J connectivity index is 1.71. The molecule has 4 heteroatoms. The number of benzene rings is 1. The van der Waals surface area contributed by atoms with E-state index in [1.54, 1.807) is 0 Å². The summed E-state index contributed by atoms with van der Waals surface area (Å²) in [4.78, 5) is 12.3. The molecule has 3 rings (SSSR count). The minimum absolute atomic E-state index is 0.0537. The number of hydrogen-bond donors (Lipinski definition) is 1. The highest BCUT2D eigenvalue weighted by Gasteiger charge is 2.35. The number of carbonyl (C=O) groups excluding carboxylic acids is 1. The largest absolute Gasteiger partial charge is 0.459 e. The fourth-order valence-electron chi connectivity index (χ4n) is 2.85. The van der Waals surface area contributed by atoms with Crippen LogP contribution in [0.5, 0.6) is 0 Å². The van der Waals surface area contributed by atoms with Crippen LogP contribution in [0.15, 0.2) is 28.7 Å². The Morgan fingerprint density at radius 3 is 2.86 bits per heavy atom. The van der Waals surface area contributed by atoms with Gasteiger partial charge in [-0.15, -0.1) is 0 Å². The molecule has 1 fully saturated rings. The average molecular weight is 287 g/mol. The molecule has 1 aliphatic rings. The zero-order chi connectivity index (χ0) is 14.9. The molecule has 2 heterocycles. The summed E-state index contributed by atoms with van der Waals surface area (Å²) in [7, 11) is 0. The van der Waals surface area contributed by atoms with Crippen molar-refractivity contribution in [2.45, 2.75) is 45.3 Å². The molecular weight excluding hydrogens is 266 g/mol. The van der Waals surface area contributed by atoms with Gasteiger partial charge in [0.15, 0.2) is 0 Å². The zero-order valence-electron chi connectivity index (χ0n) is 12.6. The van der Waals surface area contributed by atoms with Crippen molar-refractivity contribution < 1.29 is 13.9 Å². The highest BCUT2D eigenvalue weighted by atomic mass is 16.5. The van der Waals surface area contributed by atoms with Gasteiger partial charge in [-0.05, 0) is 39.2 Å². The lowest BCUT2D eigenvalue weighted by molar-refractivity contribution is -0.150. The van der Waals surface area contributed by atoms with Crippen LogP contribution in [0.1, 0.15) is 37.5 Å². The molecule has 1 amide bonds. The summed E-state index contributed by atoms with van der Waals surface area (Å²) >= 11 is 0. The van der Waals surface area contributed by atoms with Crippen molar-refractivity contribution in [2.24, 2.45) is 0 Å². The molecule has 1 N–H and O–H groups in total. The maximum absolute atomic E-state index is 12.3. The molecule has 1 aromatic carbocycles. The molecule has 0 aliphatic carbocycles. The van der Waals surface area contributed by atoms with Gasteiger partial charge in [0.2, 0.25) is 0 Å². The quantitative estimate of drug-likeness (QED) is 0.942. The molecule has 1 saturated heterocycles. The first kappa shape index (κ1) is 14.1. The number of aryl methyl sites for hydroxylation is 1. The molecule has 1 atom stereocenters. The number of nitrogens with one attached hydrogen (secondary N) is 1. The Morgan fingerprint density at radius 2 is 2.14 bits per heavy atom. The van der Waals surface area contributed by atoms with E-state index in [0.717, 1.165) is 41.6 Å². The number of furan rings is 1. The van der Waals surface area contributed by atoms with E-state index in [0.29, 0.717) is 13.2 Å². The summed E-state index contributed by atoms with van der Waals surface area (Å²) < 4.78 is 11.5. The van der Waals surface area contributed by atoms with Crippen LogP contribution in [0.3, 0.4) is 0 Å². The van der Waals surface area contributed by atoms with Gasteiger partial charge in [0.25, 0.3) is 5.91 Å². The van der Waals surface area contributed by atoms with Crippen LogP contribution in [0.4, 0.5) is 0 Å². The highest BCUT2D eigenvalue weighted by Crippen LogP contribution is 2.26. The molecule has 2 aromatic rings. The third kappa shape index (κ3) is 2.68. The van der Waals surface area contributed by atoms with E-state index in [9.17, 15) is 4.79 Å². The van der Waals surface area contributed by atoms with Gasteiger partial charge >= 0.3 is 0 Å². The maximum Gasteiger partial charge on any atom is 0.252 e. The summed E-state index contributed by atoms with van der Waals surface area (Å²) in [5, 5.41) is 4.05. The van der Waals surface area contributed by atoms with Gasteiger partial charge in [0, 0.05) is 17.6 Å². The Kier molecular flexibility index (Phi) is 3.72. The Hall–Kier alpha value is -1.81. The van der Waals surface area contributed by atoms with Crippen molar-refractivity contribution in [1.29, 1.82) is 0 Å². The summed E-state index contributed by atoms with van der Waals surface area (Å²) in [6.45, 7) is 4.95. The van der Waals surface area contributed by atoms with Gasteiger partial charge in [-0.2, -0.15) is 0 Å². The fraction of sp³-hybridized carbons (Fsp3) is 0.471. The number of hydrogen-bond acceptors (Lipinski definition) is 3. The standard InChI is InChI=1S/C17H21NO3/c1-12-13-7-3-4-8-14(13)21-15(12)11-18-16(19)17(2)9-5-6-10-20-17/h3-4,7-8H,5-6,9-11H2,1-2H3,(H,18,19)/t17-/m0/s1. The molecule has 0 radical (unpaired) electrons. The average Bonchev–Trinajstić information content (AvgIpc) is 2.82. The first-order valence-electron chi connectivity index (χ1n) is 7.49. The lowest BCUT2D eigenvalue weighted by Crippen LogP contribution is -2.48. The second kappa shape index (κ2) is 5.53. The van der Waals surface area contributed by atoms with Gasteiger partial charge in [-0.1, -0.05) is 18.2 Å². The van der Waals surface area contributed by atoms with Crippen molar-refractivity contribution in [2.75, 3.05) is 6.61 Å². The van der Waals surface area contributed by atoms with Crippen molar-refractivity contribution in [1.82, 2.24) is 5.32 Å². The molecule has 0 unspecified atom stereocenters. The van der Waals surface area contributed by atoms with Crippen LogP contribution in [0.25, 0.3) is 11.0 Å².